The molecule has 0 N–H and O–H groups in total. The lowest BCUT2D eigenvalue weighted by atomic mass is 9.70. The SMILES string of the molecule is Cc1ccc2c(c1)C1(c3ccccc3-c3ccccc31)c1cc(N(C3=CCCC=C3)c3cccc4ccccc34)ccc1-2.Cc1cccc2ccccc12.Cc1ccccc1. The fourth-order valence-corrected chi connectivity index (χ4v) is 9.90. The Kier molecular flexibility index (Phi) is 10.0. The summed E-state index contributed by atoms with van der Waals surface area (Å²) in [5.41, 5.74) is 18.1. The van der Waals surface area contributed by atoms with E-state index >= 15 is 0 Å². The number of anilines is 2. The lowest BCUT2D eigenvalue weighted by Gasteiger charge is -2.33. The molecule has 294 valence electrons. The van der Waals surface area contributed by atoms with Crippen LogP contribution in [0.15, 0.2) is 224 Å². The van der Waals surface area contributed by atoms with Crippen LogP contribution in [0, 0.1) is 20.8 Å². The van der Waals surface area contributed by atoms with E-state index in [9.17, 15) is 0 Å². The minimum Gasteiger partial charge on any atom is -0.310 e. The molecule has 0 heterocycles. The van der Waals surface area contributed by atoms with Crippen molar-refractivity contribution in [1.29, 1.82) is 0 Å². The summed E-state index contributed by atoms with van der Waals surface area (Å²) >= 11 is 0. The van der Waals surface area contributed by atoms with Crippen LogP contribution in [0.1, 0.15) is 51.8 Å². The molecule has 9 aromatic rings. The molecule has 0 bridgehead atoms. The highest BCUT2D eigenvalue weighted by molar-refractivity contribution is 5.99. The lowest BCUT2D eigenvalue weighted by Crippen LogP contribution is -2.26. The maximum Gasteiger partial charge on any atom is 0.0726 e. The smallest absolute Gasteiger partial charge is 0.0726 e. The average molecular weight is 784 g/mol. The molecular formula is C60H49N. The third kappa shape index (κ3) is 6.68. The van der Waals surface area contributed by atoms with Gasteiger partial charge in [-0.05, 0) is 124 Å². The van der Waals surface area contributed by atoms with Gasteiger partial charge in [-0.3, -0.25) is 0 Å². The second-order valence-electron chi connectivity index (χ2n) is 16.5. The molecule has 0 unspecified atom stereocenters. The quantitative estimate of drug-likeness (QED) is 0.172. The van der Waals surface area contributed by atoms with Crippen molar-refractivity contribution in [2.75, 3.05) is 4.90 Å². The molecule has 12 rings (SSSR count). The number of benzene rings is 9. The Morgan fingerprint density at radius 1 is 0.410 bits per heavy atom. The molecule has 0 saturated carbocycles. The minimum atomic E-state index is -0.360. The van der Waals surface area contributed by atoms with Gasteiger partial charge < -0.3 is 4.90 Å². The van der Waals surface area contributed by atoms with E-state index in [-0.39, 0.29) is 5.41 Å². The van der Waals surface area contributed by atoms with Crippen LogP contribution >= 0.6 is 0 Å². The van der Waals surface area contributed by atoms with Gasteiger partial charge in [-0.2, -0.15) is 0 Å². The Balaban J connectivity index is 0.000000204. The van der Waals surface area contributed by atoms with E-state index in [2.05, 4.69) is 226 Å². The van der Waals surface area contributed by atoms with Crippen LogP contribution in [0.25, 0.3) is 43.8 Å². The van der Waals surface area contributed by atoms with Crippen molar-refractivity contribution in [2.24, 2.45) is 0 Å². The van der Waals surface area contributed by atoms with Gasteiger partial charge in [0.2, 0.25) is 0 Å². The van der Waals surface area contributed by atoms with Crippen LogP contribution in [0.3, 0.4) is 0 Å². The van der Waals surface area contributed by atoms with Crippen molar-refractivity contribution in [1.82, 2.24) is 0 Å². The Hall–Kier alpha value is -7.22. The molecule has 0 atom stereocenters. The molecule has 0 amide bonds. The first-order valence-corrected chi connectivity index (χ1v) is 21.6. The van der Waals surface area contributed by atoms with E-state index in [4.69, 9.17) is 0 Å². The molecule has 1 spiro atoms. The zero-order valence-corrected chi connectivity index (χ0v) is 35.1. The van der Waals surface area contributed by atoms with Gasteiger partial charge in [-0.15, -0.1) is 0 Å². The lowest BCUT2D eigenvalue weighted by molar-refractivity contribution is 0.792. The van der Waals surface area contributed by atoms with Crippen molar-refractivity contribution < 1.29 is 0 Å². The van der Waals surface area contributed by atoms with Crippen LogP contribution in [0.5, 0.6) is 0 Å². The van der Waals surface area contributed by atoms with E-state index in [1.807, 2.05) is 18.2 Å². The molecule has 3 aliphatic rings. The van der Waals surface area contributed by atoms with Gasteiger partial charge in [0.15, 0.2) is 0 Å². The monoisotopic (exact) mass is 783 g/mol. The van der Waals surface area contributed by atoms with E-state index in [1.54, 1.807) is 0 Å². The van der Waals surface area contributed by atoms with E-state index in [0.29, 0.717) is 0 Å². The van der Waals surface area contributed by atoms with E-state index < -0.39 is 0 Å². The van der Waals surface area contributed by atoms with Gasteiger partial charge in [-0.25, -0.2) is 0 Å². The van der Waals surface area contributed by atoms with Crippen LogP contribution in [-0.2, 0) is 5.41 Å². The first-order chi connectivity index (χ1) is 30.0. The Labute approximate surface area is 360 Å². The number of hydrogen-bond acceptors (Lipinski definition) is 1. The summed E-state index contributed by atoms with van der Waals surface area (Å²) in [6, 6.07) is 72.9. The predicted molar refractivity (Wildman–Crippen MR) is 260 cm³/mol. The van der Waals surface area contributed by atoms with Crippen LogP contribution in [0.4, 0.5) is 11.4 Å². The molecule has 61 heavy (non-hydrogen) atoms. The van der Waals surface area contributed by atoms with E-state index in [1.165, 1.54) is 99.8 Å². The Morgan fingerprint density at radius 3 is 1.62 bits per heavy atom. The largest absolute Gasteiger partial charge is 0.310 e. The van der Waals surface area contributed by atoms with Gasteiger partial charge in [0, 0.05) is 16.8 Å². The Bertz CT molecular complexity index is 3070. The molecular weight excluding hydrogens is 735 g/mol. The topological polar surface area (TPSA) is 3.24 Å². The van der Waals surface area contributed by atoms with Gasteiger partial charge in [-0.1, -0.05) is 205 Å². The number of nitrogens with zero attached hydrogens (tertiary/aromatic N) is 1. The first kappa shape index (κ1) is 38.0. The van der Waals surface area contributed by atoms with Crippen LogP contribution < -0.4 is 4.90 Å². The van der Waals surface area contributed by atoms with Gasteiger partial charge in [0.1, 0.15) is 0 Å². The molecule has 0 saturated heterocycles. The molecule has 1 heteroatoms. The molecule has 0 aliphatic heterocycles. The number of rotatable bonds is 3. The zero-order valence-electron chi connectivity index (χ0n) is 35.1. The standard InChI is InChI=1S/C42H31N.C11H10.C7H8/c1-28-22-24-35-36-25-23-31(43(30-14-3-2-4-15-30)41-21-11-13-29-12-5-6-16-32(29)41)27-40(36)42(39(35)26-28)37-19-9-7-17-33(37)34-18-8-10-20-38(34)42;1-9-5-4-7-10-6-2-3-8-11(9)10;1-7-5-3-2-4-6-7/h3,5-27H,2,4H2,1H3;2-8H,1H3;2-6H,1H3. The summed E-state index contributed by atoms with van der Waals surface area (Å²) in [5.74, 6) is 0. The fraction of sp³-hybridized carbons (Fsp3) is 0.100. The van der Waals surface area contributed by atoms with Crippen molar-refractivity contribution in [3.63, 3.8) is 0 Å². The number of fused-ring (bicyclic) bond motifs is 12. The second-order valence-corrected chi connectivity index (χ2v) is 16.5. The summed E-state index contributed by atoms with van der Waals surface area (Å²) in [7, 11) is 0. The number of allylic oxidation sites excluding steroid dienone is 3. The normalized spacial score (nSPS) is 13.5. The highest BCUT2D eigenvalue weighted by Crippen LogP contribution is 2.63. The average Bonchev–Trinajstić information content (AvgIpc) is 3.77. The van der Waals surface area contributed by atoms with Crippen molar-refractivity contribution in [3.8, 4) is 22.3 Å². The van der Waals surface area contributed by atoms with Crippen molar-refractivity contribution >= 4 is 32.9 Å². The van der Waals surface area contributed by atoms with Crippen molar-refractivity contribution in [2.45, 2.75) is 39.0 Å². The fourth-order valence-electron chi connectivity index (χ4n) is 9.90. The molecule has 0 fully saturated rings. The van der Waals surface area contributed by atoms with Gasteiger partial charge in [0.05, 0.1) is 11.1 Å². The Morgan fingerprint density at radius 2 is 0.967 bits per heavy atom. The highest BCUT2D eigenvalue weighted by atomic mass is 15.1. The maximum atomic E-state index is 2.49. The minimum absolute atomic E-state index is 0.360. The summed E-state index contributed by atoms with van der Waals surface area (Å²) in [4.78, 5) is 2.48. The first-order valence-electron chi connectivity index (χ1n) is 21.6. The summed E-state index contributed by atoms with van der Waals surface area (Å²) < 4.78 is 0. The summed E-state index contributed by atoms with van der Waals surface area (Å²) in [5, 5.41) is 5.20. The van der Waals surface area contributed by atoms with Crippen LogP contribution in [0.2, 0.25) is 0 Å². The molecule has 0 aromatic heterocycles. The number of hydrogen-bond donors (Lipinski definition) is 0. The second kappa shape index (κ2) is 16.1. The van der Waals surface area contributed by atoms with Crippen molar-refractivity contribution in [3.05, 3.63) is 263 Å². The maximum absolute atomic E-state index is 2.49. The predicted octanol–water partition coefficient (Wildman–Crippen LogP) is 16.0. The summed E-state index contributed by atoms with van der Waals surface area (Å²) in [6.45, 7) is 6.45. The molecule has 0 radical (unpaired) electrons. The molecule has 1 nitrogen and oxygen atoms in total. The molecule has 9 aromatic carbocycles. The molecule has 3 aliphatic carbocycles. The third-order valence-corrected chi connectivity index (χ3v) is 12.7. The number of aryl methyl sites for hydroxylation is 3. The van der Waals surface area contributed by atoms with Gasteiger partial charge >= 0.3 is 0 Å². The van der Waals surface area contributed by atoms with Crippen LogP contribution in [-0.4, -0.2) is 0 Å². The highest BCUT2D eigenvalue weighted by Gasteiger charge is 2.51. The zero-order chi connectivity index (χ0) is 41.3. The third-order valence-electron chi connectivity index (χ3n) is 12.7. The van der Waals surface area contributed by atoms with E-state index in [0.717, 1.165) is 12.8 Å². The van der Waals surface area contributed by atoms with Gasteiger partial charge in [0.25, 0.3) is 0 Å². The summed E-state index contributed by atoms with van der Waals surface area (Å²) in [6.07, 6.45) is 9.13.